The second kappa shape index (κ2) is 6.76. The van der Waals surface area contributed by atoms with Crippen molar-refractivity contribution in [3.05, 3.63) is 102 Å². The van der Waals surface area contributed by atoms with Gasteiger partial charge in [0.05, 0.1) is 5.70 Å². The van der Waals surface area contributed by atoms with E-state index in [0.29, 0.717) is 11.3 Å². The Hall–Kier alpha value is -3.53. The van der Waals surface area contributed by atoms with Gasteiger partial charge < -0.3 is 0 Å². The van der Waals surface area contributed by atoms with Crippen LogP contribution in [0.15, 0.2) is 91.3 Å². The van der Waals surface area contributed by atoms with Crippen LogP contribution in [-0.2, 0) is 9.59 Å². The topological polar surface area (TPSA) is 50.3 Å². The Bertz CT molecular complexity index is 967. The Labute approximate surface area is 151 Å². The van der Waals surface area contributed by atoms with E-state index in [1.54, 1.807) is 35.5 Å². The molecule has 1 amide bonds. The van der Waals surface area contributed by atoms with Crippen LogP contribution in [0, 0.1) is 0 Å². The summed E-state index contributed by atoms with van der Waals surface area (Å²) in [4.78, 5) is 31.8. The minimum Gasteiger partial charge on any atom is -0.293 e. The van der Waals surface area contributed by atoms with E-state index < -0.39 is 5.92 Å². The lowest BCUT2D eigenvalue weighted by molar-refractivity contribution is -0.126. The lowest BCUT2D eigenvalue weighted by atomic mass is 9.88. The quantitative estimate of drug-likeness (QED) is 0.681. The second-order valence-corrected chi connectivity index (χ2v) is 6.02. The van der Waals surface area contributed by atoms with Crippen LogP contribution < -0.4 is 4.90 Å². The third-order valence-electron chi connectivity index (χ3n) is 4.40. The number of carbonyl (C=O) groups excluding carboxylic acids is 2. The van der Waals surface area contributed by atoms with Crippen molar-refractivity contribution >= 4 is 23.1 Å². The summed E-state index contributed by atoms with van der Waals surface area (Å²) in [6, 6.07) is 22.1. The number of allylic oxidation sites excluding steroid dienone is 1. The first-order valence-corrected chi connectivity index (χ1v) is 8.35. The summed E-state index contributed by atoms with van der Waals surface area (Å²) in [7, 11) is 0. The molecule has 1 unspecified atom stereocenters. The zero-order chi connectivity index (χ0) is 17.9. The molecule has 0 saturated heterocycles. The Morgan fingerprint density at radius 3 is 2.04 bits per heavy atom. The van der Waals surface area contributed by atoms with Crippen LogP contribution in [0.1, 0.15) is 17.0 Å². The first-order chi connectivity index (χ1) is 12.8. The van der Waals surface area contributed by atoms with Crippen LogP contribution >= 0.6 is 0 Å². The maximum atomic E-state index is 13.4. The molecule has 26 heavy (non-hydrogen) atoms. The minimum absolute atomic E-state index is 0.208. The first kappa shape index (κ1) is 16.0. The Morgan fingerprint density at radius 1 is 0.769 bits per heavy atom. The number of amides is 1. The standard InChI is InChI=1S/C22H16N2O2/c25-20-15-19(16-11-13-23-14-12-16)24(18-9-5-2-6-10-18)22(26)21(20)17-7-3-1-4-8-17/h1-15,21H. The summed E-state index contributed by atoms with van der Waals surface area (Å²) in [6.07, 6.45) is 4.86. The van der Waals surface area contributed by atoms with E-state index in [2.05, 4.69) is 4.98 Å². The number of para-hydroxylation sites is 1. The fourth-order valence-electron chi connectivity index (χ4n) is 3.18. The predicted molar refractivity (Wildman–Crippen MR) is 100 cm³/mol. The number of pyridine rings is 1. The average Bonchev–Trinajstić information content (AvgIpc) is 2.70. The van der Waals surface area contributed by atoms with E-state index in [1.807, 2.05) is 60.7 Å². The summed E-state index contributed by atoms with van der Waals surface area (Å²) in [6.45, 7) is 0. The average molecular weight is 340 g/mol. The van der Waals surface area contributed by atoms with Gasteiger partial charge in [-0.15, -0.1) is 0 Å². The van der Waals surface area contributed by atoms with E-state index in [9.17, 15) is 9.59 Å². The largest absolute Gasteiger partial charge is 0.293 e. The Morgan fingerprint density at radius 2 is 1.38 bits per heavy atom. The summed E-state index contributed by atoms with van der Waals surface area (Å²) in [5, 5.41) is 0. The summed E-state index contributed by atoms with van der Waals surface area (Å²) in [5.41, 5.74) is 2.78. The molecule has 1 aromatic heterocycles. The van der Waals surface area contributed by atoms with Gasteiger partial charge in [-0.05, 0) is 29.8 Å². The molecule has 1 aliphatic heterocycles. The second-order valence-electron chi connectivity index (χ2n) is 6.02. The van der Waals surface area contributed by atoms with Crippen LogP contribution in [0.2, 0.25) is 0 Å². The van der Waals surface area contributed by atoms with Crippen LogP contribution in [-0.4, -0.2) is 16.7 Å². The van der Waals surface area contributed by atoms with Crippen molar-refractivity contribution in [1.29, 1.82) is 0 Å². The number of aromatic nitrogens is 1. The molecular weight excluding hydrogens is 324 g/mol. The van der Waals surface area contributed by atoms with Gasteiger partial charge in [-0.3, -0.25) is 19.5 Å². The van der Waals surface area contributed by atoms with E-state index in [0.717, 1.165) is 11.3 Å². The smallest absolute Gasteiger partial charge is 0.246 e. The van der Waals surface area contributed by atoms with Gasteiger partial charge >= 0.3 is 0 Å². The molecule has 126 valence electrons. The predicted octanol–water partition coefficient (Wildman–Crippen LogP) is 3.82. The van der Waals surface area contributed by atoms with E-state index >= 15 is 0 Å². The number of anilines is 1. The number of benzene rings is 2. The molecule has 1 aliphatic rings. The summed E-state index contributed by atoms with van der Waals surface area (Å²) >= 11 is 0. The van der Waals surface area contributed by atoms with Crippen LogP contribution in [0.25, 0.3) is 5.70 Å². The van der Waals surface area contributed by atoms with Crippen LogP contribution in [0.5, 0.6) is 0 Å². The molecule has 0 bridgehead atoms. The lowest BCUT2D eigenvalue weighted by Gasteiger charge is -2.32. The van der Waals surface area contributed by atoms with Gasteiger partial charge in [0.2, 0.25) is 5.91 Å². The molecule has 0 aliphatic carbocycles. The number of hydrogen-bond acceptors (Lipinski definition) is 3. The molecule has 0 saturated carbocycles. The fourth-order valence-corrected chi connectivity index (χ4v) is 3.18. The third-order valence-corrected chi connectivity index (χ3v) is 4.40. The third kappa shape index (κ3) is 2.82. The molecule has 0 spiro atoms. The molecule has 2 aromatic carbocycles. The van der Waals surface area contributed by atoms with Crippen molar-refractivity contribution < 1.29 is 9.59 Å². The molecule has 4 heteroatoms. The monoisotopic (exact) mass is 340 g/mol. The zero-order valence-corrected chi connectivity index (χ0v) is 13.9. The fraction of sp³-hybridized carbons (Fsp3) is 0.0455. The first-order valence-electron chi connectivity index (χ1n) is 8.35. The van der Waals surface area contributed by atoms with Crippen molar-refractivity contribution in [2.75, 3.05) is 4.90 Å². The molecule has 1 atom stereocenters. The van der Waals surface area contributed by atoms with Crippen molar-refractivity contribution in [2.45, 2.75) is 5.92 Å². The van der Waals surface area contributed by atoms with E-state index in [-0.39, 0.29) is 11.7 Å². The van der Waals surface area contributed by atoms with Gasteiger partial charge in [-0.1, -0.05) is 48.5 Å². The molecule has 2 heterocycles. The van der Waals surface area contributed by atoms with Gasteiger partial charge in [0.25, 0.3) is 0 Å². The van der Waals surface area contributed by atoms with Gasteiger partial charge in [-0.2, -0.15) is 0 Å². The highest BCUT2D eigenvalue weighted by Gasteiger charge is 2.38. The highest BCUT2D eigenvalue weighted by molar-refractivity contribution is 6.26. The number of hydrogen-bond donors (Lipinski definition) is 0. The highest BCUT2D eigenvalue weighted by atomic mass is 16.2. The molecule has 0 radical (unpaired) electrons. The lowest BCUT2D eigenvalue weighted by Crippen LogP contribution is -2.41. The minimum atomic E-state index is -0.831. The van der Waals surface area contributed by atoms with Crippen molar-refractivity contribution in [1.82, 2.24) is 4.98 Å². The number of nitrogens with zero attached hydrogens (tertiary/aromatic N) is 2. The number of carbonyl (C=O) groups is 2. The van der Waals surface area contributed by atoms with E-state index in [4.69, 9.17) is 0 Å². The summed E-state index contributed by atoms with van der Waals surface area (Å²) in [5.74, 6) is -1.29. The number of ketones is 1. The molecule has 0 fully saturated rings. The van der Waals surface area contributed by atoms with Gasteiger partial charge in [0.1, 0.15) is 5.92 Å². The Kier molecular flexibility index (Phi) is 4.15. The zero-order valence-electron chi connectivity index (χ0n) is 13.9. The SMILES string of the molecule is O=C1C=C(c2ccncc2)N(c2ccccc2)C(=O)C1c1ccccc1. The van der Waals surface area contributed by atoms with Gasteiger partial charge in [-0.25, -0.2) is 0 Å². The maximum absolute atomic E-state index is 13.4. The normalized spacial score (nSPS) is 17.2. The maximum Gasteiger partial charge on any atom is 0.246 e. The van der Waals surface area contributed by atoms with Crippen molar-refractivity contribution in [3.63, 3.8) is 0 Å². The van der Waals surface area contributed by atoms with Crippen molar-refractivity contribution in [2.24, 2.45) is 0 Å². The number of rotatable bonds is 3. The van der Waals surface area contributed by atoms with Crippen molar-refractivity contribution in [3.8, 4) is 0 Å². The molecule has 0 N–H and O–H groups in total. The Balaban J connectivity index is 1.88. The molecular formula is C22H16N2O2. The van der Waals surface area contributed by atoms with Crippen LogP contribution in [0.4, 0.5) is 5.69 Å². The highest BCUT2D eigenvalue weighted by Crippen LogP contribution is 2.35. The summed E-state index contributed by atoms with van der Waals surface area (Å²) < 4.78 is 0. The molecule has 4 nitrogen and oxygen atoms in total. The van der Waals surface area contributed by atoms with Gasteiger partial charge in [0.15, 0.2) is 5.78 Å². The van der Waals surface area contributed by atoms with Crippen LogP contribution in [0.3, 0.4) is 0 Å². The van der Waals surface area contributed by atoms with E-state index in [1.165, 1.54) is 0 Å². The molecule has 4 rings (SSSR count). The molecule has 3 aromatic rings. The van der Waals surface area contributed by atoms with Gasteiger partial charge in [0, 0.05) is 29.7 Å².